The number of carbonyl (C=O) groups excluding carboxylic acids is 1. The molecule has 1 heterocycles. The van der Waals surface area contributed by atoms with Gasteiger partial charge in [-0.15, -0.1) is 0 Å². The highest BCUT2D eigenvalue weighted by Gasteiger charge is 2.26. The summed E-state index contributed by atoms with van der Waals surface area (Å²) >= 11 is 0. The summed E-state index contributed by atoms with van der Waals surface area (Å²) in [6.45, 7) is 0.957. The molecule has 1 aromatic rings. The second-order valence-electron chi connectivity index (χ2n) is 3.24. The van der Waals surface area contributed by atoms with Crippen LogP contribution in [-0.4, -0.2) is 18.7 Å². The third kappa shape index (κ3) is 2.12. The van der Waals surface area contributed by atoms with Crippen LogP contribution in [0.5, 0.6) is 0 Å². The van der Waals surface area contributed by atoms with Crippen LogP contribution in [-0.2, 0) is 20.9 Å². The molecule has 0 N–H and O–H groups in total. The number of rotatable bonds is 3. The standard InChI is InChI=1S/C11H12O3/c12-11-10(6-7-13-11)14-8-9-4-2-1-3-5-9/h1-5,10H,6-8H2. The summed E-state index contributed by atoms with van der Waals surface area (Å²) in [5.41, 5.74) is 1.08. The molecule has 0 aromatic heterocycles. The monoisotopic (exact) mass is 192 g/mol. The number of hydrogen-bond acceptors (Lipinski definition) is 3. The summed E-state index contributed by atoms with van der Waals surface area (Å²) in [6, 6.07) is 9.80. The Morgan fingerprint density at radius 1 is 1.36 bits per heavy atom. The molecule has 3 nitrogen and oxygen atoms in total. The third-order valence-electron chi connectivity index (χ3n) is 2.18. The van der Waals surface area contributed by atoms with Crippen LogP contribution in [0.3, 0.4) is 0 Å². The van der Waals surface area contributed by atoms with Crippen molar-refractivity contribution in [2.45, 2.75) is 19.1 Å². The van der Waals surface area contributed by atoms with E-state index in [1.54, 1.807) is 0 Å². The molecule has 14 heavy (non-hydrogen) atoms. The van der Waals surface area contributed by atoms with Crippen LogP contribution in [0.4, 0.5) is 0 Å². The van der Waals surface area contributed by atoms with E-state index in [-0.39, 0.29) is 12.1 Å². The highest BCUT2D eigenvalue weighted by atomic mass is 16.6. The second-order valence-corrected chi connectivity index (χ2v) is 3.24. The molecular formula is C11H12O3. The molecule has 3 heteroatoms. The first-order valence-corrected chi connectivity index (χ1v) is 4.68. The van der Waals surface area contributed by atoms with Crippen LogP contribution < -0.4 is 0 Å². The van der Waals surface area contributed by atoms with Crippen LogP contribution in [0.15, 0.2) is 30.3 Å². The molecule has 74 valence electrons. The Hall–Kier alpha value is -1.35. The maximum Gasteiger partial charge on any atom is 0.335 e. The molecule has 0 saturated carbocycles. The van der Waals surface area contributed by atoms with Gasteiger partial charge in [-0.25, -0.2) is 4.79 Å². The van der Waals surface area contributed by atoms with Gasteiger partial charge in [0.2, 0.25) is 0 Å². The van der Waals surface area contributed by atoms with Crippen LogP contribution in [0, 0.1) is 0 Å². The van der Waals surface area contributed by atoms with Crippen molar-refractivity contribution in [2.75, 3.05) is 6.61 Å². The van der Waals surface area contributed by atoms with E-state index < -0.39 is 0 Å². The molecule has 0 amide bonds. The minimum Gasteiger partial charge on any atom is -0.464 e. The van der Waals surface area contributed by atoms with Gasteiger partial charge in [0.15, 0.2) is 6.10 Å². The first-order chi connectivity index (χ1) is 6.86. The highest BCUT2D eigenvalue weighted by Crippen LogP contribution is 2.12. The van der Waals surface area contributed by atoms with Gasteiger partial charge >= 0.3 is 5.97 Å². The number of carbonyl (C=O) groups is 1. The Bertz CT molecular complexity index is 308. The Balaban J connectivity index is 1.85. The summed E-state index contributed by atoms with van der Waals surface area (Å²) in [4.78, 5) is 11.0. The predicted molar refractivity (Wildman–Crippen MR) is 50.6 cm³/mol. The third-order valence-corrected chi connectivity index (χ3v) is 2.18. The van der Waals surface area contributed by atoms with Gasteiger partial charge in [0.05, 0.1) is 13.2 Å². The zero-order valence-corrected chi connectivity index (χ0v) is 7.81. The molecule has 1 aromatic carbocycles. The fraction of sp³-hybridized carbons (Fsp3) is 0.364. The molecule has 1 aliphatic heterocycles. The Morgan fingerprint density at radius 3 is 2.79 bits per heavy atom. The fourth-order valence-electron chi connectivity index (χ4n) is 1.40. The van der Waals surface area contributed by atoms with E-state index in [0.717, 1.165) is 5.56 Å². The molecule has 1 saturated heterocycles. The maximum atomic E-state index is 11.0. The van der Waals surface area contributed by atoms with Crippen LogP contribution in [0.25, 0.3) is 0 Å². The number of benzene rings is 1. The van der Waals surface area contributed by atoms with Crippen molar-refractivity contribution < 1.29 is 14.3 Å². The topological polar surface area (TPSA) is 35.5 Å². The van der Waals surface area contributed by atoms with Gasteiger partial charge in [-0.1, -0.05) is 30.3 Å². The van der Waals surface area contributed by atoms with E-state index in [4.69, 9.17) is 9.47 Å². The van der Waals surface area contributed by atoms with Crippen molar-refractivity contribution in [1.29, 1.82) is 0 Å². The van der Waals surface area contributed by atoms with Crippen molar-refractivity contribution in [2.24, 2.45) is 0 Å². The Labute approximate surface area is 82.6 Å². The van der Waals surface area contributed by atoms with Crippen molar-refractivity contribution in [3.8, 4) is 0 Å². The summed E-state index contributed by atoms with van der Waals surface area (Å²) in [7, 11) is 0. The molecule has 0 aliphatic carbocycles. The molecule has 1 aliphatic rings. The van der Waals surface area contributed by atoms with E-state index in [1.807, 2.05) is 30.3 Å². The lowest BCUT2D eigenvalue weighted by molar-refractivity contribution is -0.147. The molecule has 1 fully saturated rings. The molecule has 0 radical (unpaired) electrons. The lowest BCUT2D eigenvalue weighted by atomic mass is 10.2. The van der Waals surface area contributed by atoms with Crippen molar-refractivity contribution >= 4 is 5.97 Å². The van der Waals surface area contributed by atoms with Gasteiger partial charge < -0.3 is 9.47 Å². The van der Waals surface area contributed by atoms with Crippen LogP contribution in [0.2, 0.25) is 0 Å². The Morgan fingerprint density at radius 2 is 2.14 bits per heavy atom. The van der Waals surface area contributed by atoms with E-state index in [2.05, 4.69) is 0 Å². The summed E-state index contributed by atoms with van der Waals surface area (Å²) in [5, 5.41) is 0. The maximum absolute atomic E-state index is 11.0. The number of cyclic esters (lactones) is 1. The normalized spacial score (nSPS) is 20.9. The Kier molecular flexibility index (Phi) is 2.79. The zero-order valence-electron chi connectivity index (χ0n) is 7.81. The van der Waals surface area contributed by atoms with Gasteiger partial charge in [-0.3, -0.25) is 0 Å². The minimum atomic E-state index is -0.366. The zero-order chi connectivity index (χ0) is 9.80. The van der Waals surface area contributed by atoms with Gasteiger partial charge in [0.1, 0.15) is 0 Å². The molecule has 1 atom stereocenters. The number of esters is 1. The first-order valence-electron chi connectivity index (χ1n) is 4.68. The van der Waals surface area contributed by atoms with Crippen molar-refractivity contribution in [3.05, 3.63) is 35.9 Å². The van der Waals surface area contributed by atoms with Gasteiger partial charge in [0, 0.05) is 6.42 Å². The van der Waals surface area contributed by atoms with Gasteiger partial charge in [0.25, 0.3) is 0 Å². The molecule has 0 bridgehead atoms. The van der Waals surface area contributed by atoms with E-state index >= 15 is 0 Å². The lowest BCUT2D eigenvalue weighted by Crippen LogP contribution is -2.18. The number of ether oxygens (including phenoxy) is 2. The number of hydrogen-bond donors (Lipinski definition) is 0. The first kappa shape index (κ1) is 9.21. The average Bonchev–Trinajstić information content (AvgIpc) is 2.63. The SMILES string of the molecule is O=C1OCCC1OCc1ccccc1. The van der Waals surface area contributed by atoms with E-state index in [0.29, 0.717) is 19.6 Å². The van der Waals surface area contributed by atoms with Gasteiger partial charge in [-0.2, -0.15) is 0 Å². The lowest BCUT2D eigenvalue weighted by Gasteiger charge is -2.07. The van der Waals surface area contributed by atoms with E-state index in [1.165, 1.54) is 0 Å². The predicted octanol–water partition coefficient (Wildman–Crippen LogP) is 1.52. The minimum absolute atomic E-state index is 0.235. The van der Waals surface area contributed by atoms with Crippen molar-refractivity contribution in [3.63, 3.8) is 0 Å². The second kappa shape index (κ2) is 4.24. The molecule has 2 rings (SSSR count). The average molecular weight is 192 g/mol. The quantitative estimate of drug-likeness (QED) is 0.681. The van der Waals surface area contributed by atoms with Gasteiger partial charge in [-0.05, 0) is 5.56 Å². The van der Waals surface area contributed by atoms with Crippen LogP contribution in [0.1, 0.15) is 12.0 Å². The summed E-state index contributed by atoms with van der Waals surface area (Å²) in [6.07, 6.45) is 0.307. The van der Waals surface area contributed by atoms with Crippen molar-refractivity contribution in [1.82, 2.24) is 0 Å². The smallest absolute Gasteiger partial charge is 0.335 e. The molecule has 0 spiro atoms. The highest BCUT2D eigenvalue weighted by molar-refractivity contribution is 5.76. The van der Waals surface area contributed by atoms with E-state index in [9.17, 15) is 4.79 Å². The van der Waals surface area contributed by atoms with Crippen LogP contribution >= 0.6 is 0 Å². The largest absolute Gasteiger partial charge is 0.464 e. The summed E-state index contributed by atoms with van der Waals surface area (Å²) in [5.74, 6) is -0.235. The molecule has 1 unspecified atom stereocenters. The fourth-order valence-corrected chi connectivity index (χ4v) is 1.40. The summed E-state index contributed by atoms with van der Waals surface area (Å²) < 4.78 is 10.2. The molecular weight excluding hydrogens is 180 g/mol.